The van der Waals surface area contributed by atoms with Crippen LogP contribution in [0.5, 0.6) is 0 Å². The minimum atomic E-state index is 0.0643. The summed E-state index contributed by atoms with van der Waals surface area (Å²) in [6.45, 7) is 6.71. The summed E-state index contributed by atoms with van der Waals surface area (Å²) in [6.07, 6.45) is 0. The second-order valence-electron chi connectivity index (χ2n) is 4.07. The Morgan fingerprint density at radius 3 is 2.65 bits per heavy atom. The van der Waals surface area contributed by atoms with Crippen molar-refractivity contribution in [2.24, 2.45) is 5.73 Å². The molecule has 0 aliphatic rings. The number of benzene rings is 1. The van der Waals surface area contributed by atoms with Crippen molar-refractivity contribution in [3.63, 3.8) is 0 Å². The third-order valence-electron chi connectivity index (χ3n) is 2.79. The maximum Gasteiger partial charge on any atom is 0.0637 e. The molecule has 1 aromatic rings. The standard InChI is InChI=1S/C13H21BrN2O/c1-4-16(7-8-17-3)13-6-5-11(10(2)15)9-12(13)14/h5-6,9-10H,4,7-8,15H2,1-3H3/t10-/m0/s1. The minimum Gasteiger partial charge on any atom is -0.383 e. The highest BCUT2D eigenvalue weighted by Crippen LogP contribution is 2.28. The topological polar surface area (TPSA) is 38.5 Å². The molecule has 0 aliphatic carbocycles. The average molecular weight is 301 g/mol. The van der Waals surface area contributed by atoms with E-state index < -0.39 is 0 Å². The van der Waals surface area contributed by atoms with Gasteiger partial charge in [-0.25, -0.2) is 0 Å². The Bertz CT molecular complexity index is 355. The summed E-state index contributed by atoms with van der Waals surface area (Å²) in [5.41, 5.74) is 8.20. The smallest absolute Gasteiger partial charge is 0.0637 e. The van der Waals surface area contributed by atoms with Crippen LogP contribution in [0, 0.1) is 0 Å². The van der Waals surface area contributed by atoms with Gasteiger partial charge in [0, 0.05) is 30.7 Å². The Labute approximate surface area is 112 Å². The van der Waals surface area contributed by atoms with E-state index in [0.717, 1.165) is 29.7 Å². The molecule has 4 heteroatoms. The summed E-state index contributed by atoms with van der Waals surface area (Å²) < 4.78 is 6.21. The fourth-order valence-electron chi connectivity index (χ4n) is 1.71. The molecule has 0 spiro atoms. The van der Waals surface area contributed by atoms with E-state index in [1.165, 1.54) is 5.69 Å². The first kappa shape index (κ1) is 14.5. The predicted molar refractivity (Wildman–Crippen MR) is 76.5 cm³/mol. The summed E-state index contributed by atoms with van der Waals surface area (Å²) in [5, 5.41) is 0. The minimum absolute atomic E-state index is 0.0643. The number of nitrogens with two attached hydrogens (primary N) is 1. The molecule has 0 saturated carbocycles. The lowest BCUT2D eigenvalue weighted by atomic mass is 10.1. The van der Waals surface area contributed by atoms with Gasteiger partial charge in [0.15, 0.2) is 0 Å². The first-order chi connectivity index (χ1) is 8.10. The molecule has 2 N–H and O–H groups in total. The van der Waals surface area contributed by atoms with Crippen LogP contribution >= 0.6 is 15.9 Å². The lowest BCUT2D eigenvalue weighted by molar-refractivity contribution is 0.205. The van der Waals surface area contributed by atoms with E-state index >= 15 is 0 Å². The molecule has 0 fully saturated rings. The molecule has 0 bridgehead atoms. The van der Waals surface area contributed by atoms with Gasteiger partial charge in [0.25, 0.3) is 0 Å². The molecule has 96 valence electrons. The molecular weight excluding hydrogens is 280 g/mol. The zero-order chi connectivity index (χ0) is 12.8. The van der Waals surface area contributed by atoms with Gasteiger partial charge in [0.2, 0.25) is 0 Å². The van der Waals surface area contributed by atoms with E-state index in [1.807, 2.05) is 6.92 Å². The van der Waals surface area contributed by atoms with Gasteiger partial charge in [-0.15, -0.1) is 0 Å². The average Bonchev–Trinajstić information content (AvgIpc) is 2.31. The lowest BCUT2D eigenvalue weighted by Crippen LogP contribution is -2.27. The SMILES string of the molecule is CCN(CCOC)c1ccc([C@H](C)N)cc1Br. The molecule has 0 saturated heterocycles. The molecular formula is C13H21BrN2O. The zero-order valence-corrected chi connectivity index (χ0v) is 12.3. The third-order valence-corrected chi connectivity index (χ3v) is 3.42. The normalized spacial score (nSPS) is 12.5. The van der Waals surface area contributed by atoms with Crippen LogP contribution in [0.2, 0.25) is 0 Å². The van der Waals surface area contributed by atoms with Crippen molar-refractivity contribution in [3.05, 3.63) is 28.2 Å². The summed E-state index contributed by atoms with van der Waals surface area (Å²) in [7, 11) is 1.72. The number of methoxy groups -OCH3 is 1. The second kappa shape index (κ2) is 6.99. The number of halogens is 1. The maximum absolute atomic E-state index is 5.87. The maximum atomic E-state index is 5.87. The van der Waals surface area contributed by atoms with E-state index in [2.05, 4.69) is 46.0 Å². The number of nitrogens with zero attached hydrogens (tertiary/aromatic N) is 1. The molecule has 1 aromatic carbocycles. The van der Waals surface area contributed by atoms with Crippen molar-refractivity contribution in [1.82, 2.24) is 0 Å². The lowest BCUT2D eigenvalue weighted by Gasteiger charge is -2.24. The van der Waals surface area contributed by atoms with Crippen molar-refractivity contribution >= 4 is 21.6 Å². The largest absolute Gasteiger partial charge is 0.383 e. The van der Waals surface area contributed by atoms with Crippen LogP contribution in [0.1, 0.15) is 25.5 Å². The molecule has 1 rings (SSSR count). The number of likely N-dealkylation sites (N-methyl/N-ethyl adjacent to an activating group) is 1. The van der Waals surface area contributed by atoms with Gasteiger partial charge in [0.05, 0.1) is 12.3 Å². The highest BCUT2D eigenvalue weighted by atomic mass is 79.9. The summed E-state index contributed by atoms with van der Waals surface area (Å²) in [6, 6.07) is 6.35. The van der Waals surface area contributed by atoms with Crippen LogP contribution in [0.4, 0.5) is 5.69 Å². The van der Waals surface area contributed by atoms with E-state index in [0.29, 0.717) is 0 Å². The summed E-state index contributed by atoms with van der Waals surface area (Å²) >= 11 is 3.61. The molecule has 1 atom stereocenters. The van der Waals surface area contributed by atoms with Crippen LogP contribution in [0.3, 0.4) is 0 Å². The molecule has 0 amide bonds. The highest BCUT2D eigenvalue weighted by molar-refractivity contribution is 9.10. The molecule has 3 nitrogen and oxygen atoms in total. The first-order valence-electron chi connectivity index (χ1n) is 5.89. The van der Waals surface area contributed by atoms with Gasteiger partial charge >= 0.3 is 0 Å². The van der Waals surface area contributed by atoms with Gasteiger partial charge in [-0.1, -0.05) is 6.07 Å². The van der Waals surface area contributed by atoms with Crippen molar-refractivity contribution in [2.45, 2.75) is 19.9 Å². The molecule has 0 unspecified atom stereocenters. The van der Waals surface area contributed by atoms with E-state index in [1.54, 1.807) is 7.11 Å². The van der Waals surface area contributed by atoms with Crippen molar-refractivity contribution in [3.8, 4) is 0 Å². The van der Waals surface area contributed by atoms with Crippen molar-refractivity contribution in [2.75, 3.05) is 31.7 Å². The van der Waals surface area contributed by atoms with Gasteiger partial charge in [0.1, 0.15) is 0 Å². The van der Waals surface area contributed by atoms with Gasteiger partial charge in [-0.2, -0.15) is 0 Å². The van der Waals surface area contributed by atoms with Crippen LogP contribution in [-0.4, -0.2) is 26.8 Å². The molecule has 0 radical (unpaired) electrons. The summed E-state index contributed by atoms with van der Waals surface area (Å²) in [5.74, 6) is 0. The van der Waals surface area contributed by atoms with Gasteiger partial charge in [-0.05, 0) is 47.5 Å². The highest BCUT2D eigenvalue weighted by Gasteiger charge is 2.10. The number of ether oxygens (including phenoxy) is 1. The first-order valence-corrected chi connectivity index (χ1v) is 6.68. The molecule has 0 heterocycles. The number of anilines is 1. The predicted octanol–water partition coefficient (Wildman–Crippen LogP) is 2.94. The Kier molecular flexibility index (Phi) is 5.95. The second-order valence-corrected chi connectivity index (χ2v) is 4.93. The fourth-order valence-corrected chi connectivity index (χ4v) is 2.36. The quantitative estimate of drug-likeness (QED) is 0.878. The van der Waals surface area contributed by atoms with Crippen LogP contribution in [0.25, 0.3) is 0 Å². The Hall–Kier alpha value is -0.580. The van der Waals surface area contributed by atoms with Crippen molar-refractivity contribution in [1.29, 1.82) is 0 Å². The Morgan fingerprint density at radius 2 is 2.18 bits per heavy atom. The van der Waals surface area contributed by atoms with Crippen molar-refractivity contribution < 1.29 is 4.74 Å². The fraction of sp³-hybridized carbons (Fsp3) is 0.538. The molecule has 17 heavy (non-hydrogen) atoms. The van der Waals surface area contributed by atoms with E-state index in [4.69, 9.17) is 10.5 Å². The van der Waals surface area contributed by atoms with Crippen LogP contribution in [0.15, 0.2) is 22.7 Å². The summed E-state index contributed by atoms with van der Waals surface area (Å²) in [4.78, 5) is 2.28. The van der Waals surface area contributed by atoms with E-state index in [-0.39, 0.29) is 6.04 Å². The molecule has 0 aliphatic heterocycles. The van der Waals surface area contributed by atoms with Crippen LogP contribution < -0.4 is 10.6 Å². The van der Waals surface area contributed by atoms with Gasteiger partial charge < -0.3 is 15.4 Å². The third kappa shape index (κ3) is 3.98. The monoisotopic (exact) mass is 300 g/mol. The van der Waals surface area contributed by atoms with E-state index in [9.17, 15) is 0 Å². The van der Waals surface area contributed by atoms with Crippen LogP contribution in [-0.2, 0) is 4.74 Å². The zero-order valence-electron chi connectivity index (χ0n) is 10.7. The molecule has 0 aromatic heterocycles. The Balaban J connectivity index is 2.88. The number of rotatable bonds is 6. The number of hydrogen-bond acceptors (Lipinski definition) is 3. The number of hydrogen-bond donors (Lipinski definition) is 1. The van der Waals surface area contributed by atoms with Gasteiger partial charge in [-0.3, -0.25) is 0 Å². The Morgan fingerprint density at radius 1 is 1.47 bits per heavy atom.